The average Bonchev–Trinajstić information content (AvgIpc) is 3.25. The molecule has 0 aliphatic heterocycles. The van der Waals surface area contributed by atoms with E-state index in [-0.39, 0.29) is 27.2 Å². The Bertz CT molecular complexity index is 1070. The van der Waals surface area contributed by atoms with Crippen LogP contribution in [-0.2, 0) is 19.6 Å². The maximum atomic E-state index is 13.1. The Hall–Kier alpha value is -2.65. The van der Waals surface area contributed by atoms with Gasteiger partial charge in [-0.3, -0.25) is 9.10 Å². The maximum Gasteiger partial charge on any atom is 0.340 e. The zero-order valence-electron chi connectivity index (χ0n) is 16.8. The normalized spacial score (nSPS) is 14.3. The van der Waals surface area contributed by atoms with E-state index in [0.717, 1.165) is 48.2 Å². The van der Waals surface area contributed by atoms with E-state index in [2.05, 4.69) is 5.32 Å². The first kappa shape index (κ1) is 23.0. The molecule has 0 spiro atoms. The highest BCUT2D eigenvalue weighted by Crippen LogP contribution is 2.26. The molecule has 10 heteroatoms. The van der Waals surface area contributed by atoms with E-state index in [4.69, 9.17) is 16.3 Å². The van der Waals surface area contributed by atoms with Crippen LogP contribution in [0.3, 0.4) is 0 Å². The van der Waals surface area contributed by atoms with Gasteiger partial charge in [-0.15, -0.1) is 0 Å². The van der Waals surface area contributed by atoms with Gasteiger partial charge in [0.1, 0.15) is 5.82 Å². The number of hydrogen-bond donors (Lipinski definition) is 1. The predicted octanol–water partition coefficient (Wildman–Crippen LogP) is 3.52. The van der Waals surface area contributed by atoms with Crippen LogP contribution in [0.25, 0.3) is 0 Å². The standard InChI is InChI=1S/C21H22ClFN2O5S/c1-25(16-8-6-14(23)7-9-16)31(28,29)17-10-11-19(22)18(12-17)21(27)30-13-20(26)24-15-4-2-3-5-15/h6-12,15H,2-5,13H2,1H3,(H,24,26). The molecule has 1 saturated carbocycles. The Morgan fingerprint density at radius 2 is 1.81 bits per heavy atom. The molecule has 0 atom stereocenters. The van der Waals surface area contributed by atoms with Crippen molar-refractivity contribution in [1.82, 2.24) is 5.32 Å². The van der Waals surface area contributed by atoms with E-state index in [1.54, 1.807) is 0 Å². The molecule has 166 valence electrons. The average molecular weight is 469 g/mol. The molecule has 0 bridgehead atoms. The number of nitrogens with zero attached hydrogens (tertiary/aromatic N) is 1. The number of benzene rings is 2. The summed E-state index contributed by atoms with van der Waals surface area (Å²) < 4.78 is 45.0. The van der Waals surface area contributed by atoms with Crippen LogP contribution in [0, 0.1) is 5.82 Å². The summed E-state index contributed by atoms with van der Waals surface area (Å²) >= 11 is 6.06. The lowest BCUT2D eigenvalue weighted by Gasteiger charge is -2.20. The van der Waals surface area contributed by atoms with Gasteiger partial charge in [-0.2, -0.15) is 0 Å². The van der Waals surface area contributed by atoms with Gasteiger partial charge in [0, 0.05) is 13.1 Å². The Balaban J connectivity index is 1.73. The Kier molecular flexibility index (Phi) is 7.17. The first-order chi connectivity index (χ1) is 14.7. The van der Waals surface area contributed by atoms with Gasteiger partial charge in [0.2, 0.25) is 0 Å². The van der Waals surface area contributed by atoms with Crippen molar-refractivity contribution >= 4 is 39.2 Å². The molecule has 2 aromatic carbocycles. The van der Waals surface area contributed by atoms with Crippen LogP contribution in [0.4, 0.5) is 10.1 Å². The van der Waals surface area contributed by atoms with E-state index < -0.39 is 34.3 Å². The van der Waals surface area contributed by atoms with Crippen LogP contribution in [0.15, 0.2) is 47.4 Å². The minimum Gasteiger partial charge on any atom is -0.452 e. The van der Waals surface area contributed by atoms with Gasteiger partial charge in [0.25, 0.3) is 15.9 Å². The van der Waals surface area contributed by atoms with Gasteiger partial charge in [-0.25, -0.2) is 17.6 Å². The summed E-state index contributed by atoms with van der Waals surface area (Å²) in [5, 5.41) is 2.78. The summed E-state index contributed by atoms with van der Waals surface area (Å²) in [6.07, 6.45) is 3.89. The lowest BCUT2D eigenvalue weighted by atomic mass is 10.2. The molecule has 0 radical (unpaired) electrons. The highest BCUT2D eigenvalue weighted by molar-refractivity contribution is 7.92. The third-order valence-corrected chi connectivity index (χ3v) is 7.17. The summed E-state index contributed by atoms with van der Waals surface area (Å²) in [6, 6.07) is 8.62. The summed E-state index contributed by atoms with van der Waals surface area (Å²) in [5.41, 5.74) is 0.0629. The molecule has 1 N–H and O–H groups in total. The number of anilines is 1. The fourth-order valence-corrected chi connectivity index (χ4v) is 4.73. The van der Waals surface area contributed by atoms with Crippen molar-refractivity contribution in [2.75, 3.05) is 18.0 Å². The number of ether oxygens (including phenoxy) is 1. The monoisotopic (exact) mass is 468 g/mol. The van der Waals surface area contributed by atoms with Crippen LogP contribution in [0.1, 0.15) is 36.0 Å². The Morgan fingerprint density at radius 3 is 2.45 bits per heavy atom. The van der Waals surface area contributed by atoms with Crippen LogP contribution in [0.2, 0.25) is 5.02 Å². The topological polar surface area (TPSA) is 92.8 Å². The molecule has 2 aromatic rings. The number of rotatable bonds is 7. The van der Waals surface area contributed by atoms with Crippen molar-refractivity contribution in [1.29, 1.82) is 0 Å². The van der Waals surface area contributed by atoms with Crippen LogP contribution >= 0.6 is 11.6 Å². The van der Waals surface area contributed by atoms with Gasteiger partial charge in [-0.05, 0) is 55.3 Å². The number of carbonyl (C=O) groups excluding carboxylic acids is 2. The second-order valence-corrected chi connectivity index (χ2v) is 9.59. The van der Waals surface area contributed by atoms with Gasteiger partial charge in [0.15, 0.2) is 6.61 Å². The number of sulfonamides is 1. The lowest BCUT2D eigenvalue weighted by molar-refractivity contribution is -0.124. The van der Waals surface area contributed by atoms with E-state index in [1.807, 2.05) is 0 Å². The molecule has 31 heavy (non-hydrogen) atoms. The quantitative estimate of drug-likeness (QED) is 0.627. The minimum absolute atomic E-state index is 0.00964. The lowest BCUT2D eigenvalue weighted by Crippen LogP contribution is -2.36. The van der Waals surface area contributed by atoms with Crippen LogP contribution in [-0.4, -0.2) is 40.0 Å². The molecular formula is C21H22ClFN2O5S. The van der Waals surface area contributed by atoms with Gasteiger partial charge >= 0.3 is 5.97 Å². The first-order valence-corrected chi connectivity index (χ1v) is 11.5. The summed E-state index contributed by atoms with van der Waals surface area (Å²) in [5.74, 6) is -1.83. The molecule has 0 aromatic heterocycles. The number of hydrogen-bond acceptors (Lipinski definition) is 5. The van der Waals surface area contributed by atoms with Crippen LogP contribution < -0.4 is 9.62 Å². The Labute approximate surface area is 185 Å². The van der Waals surface area contributed by atoms with Gasteiger partial charge in [0.05, 0.1) is 21.2 Å². The molecular weight excluding hydrogens is 447 g/mol. The summed E-state index contributed by atoms with van der Waals surface area (Å²) in [6.45, 7) is -0.488. The van der Waals surface area contributed by atoms with E-state index in [9.17, 15) is 22.4 Å². The zero-order valence-corrected chi connectivity index (χ0v) is 18.4. The zero-order chi connectivity index (χ0) is 22.6. The molecule has 0 heterocycles. The fraction of sp³-hybridized carbons (Fsp3) is 0.333. The van der Waals surface area contributed by atoms with Crippen molar-refractivity contribution in [3.8, 4) is 0 Å². The molecule has 1 amide bonds. The van der Waals surface area contributed by atoms with Crippen LogP contribution in [0.5, 0.6) is 0 Å². The maximum absolute atomic E-state index is 13.1. The molecule has 1 aliphatic rings. The molecule has 1 fully saturated rings. The highest BCUT2D eigenvalue weighted by Gasteiger charge is 2.25. The predicted molar refractivity (Wildman–Crippen MR) is 114 cm³/mol. The number of nitrogens with one attached hydrogen (secondary N) is 1. The minimum atomic E-state index is -4.06. The smallest absolute Gasteiger partial charge is 0.340 e. The van der Waals surface area contributed by atoms with Crippen molar-refractivity contribution in [2.45, 2.75) is 36.6 Å². The van der Waals surface area contributed by atoms with E-state index in [1.165, 1.54) is 31.3 Å². The molecule has 0 saturated heterocycles. The number of carbonyl (C=O) groups is 2. The van der Waals surface area contributed by atoms with Crippen molar-refractivity contribution < 1.29 is 27.1 Å². The van der Waals surface area contributed by atoms with Gasteiger partial charge < -0.3 is 10.1 Å². The highest BCUT2D eigenvalue weighted by atomic mass is 35.5. The third kappa shape index (κ3) is 5.54. The van der Waals surface area contributed by atoms with Crippen molar-refractivity contribution in [3.63, 3.8) is 0 Å². The molecule has 7 nitrogen and oxygen atoms in total. The Morgan fingerprint density at radius 1 is 1.16 bits per heavy atom. The van der Waals surface area contributed by atoms with Crippen molar-refractivity contribution in [3.05, 3.63) is 58.9 Å². The SMILES string of the molecule is CN(c1ccc(F)cc1)S(=O)(=O)c1ccc(Cl)c(C(=O)OCC(=O)NC2CCCC2)c1. The van der Waals surface area contributed by atoms with Crippen molar-refractivity contribution in [2.24, 2.45) is 0 Å². The summed E-state index contributed by atoms with van der Waals surface area (Å²) in [4.78, 5) is 24.2. The number of esters is 1. The second-order valence-electron chi connectivity index (χ2n) is 7.22. The fourth-order valence-electron chi connectivity index (χ4n) is 3.32. The third-order valence-electron chi connectivity index (χ3n) is 5.06. The first-order valence-electron chi connectivity index (χ1n) is 9.69. The van der Waals surface area contributed by atoms with E-state index in [0.29, 0.717) is 0 Å². The molecule has 1 aliphatic carbocycles. The summed E-state index contributed by atoms with van der Waals surface area (Å²) in [7, 11) is -2.75. The number of amides is 1. The number of halogens is 2. The van der Waals surface area contributed by atoms with E-state index >= 15 is 0 Å². The second kappa shape index (κ2) is 9.65. The molecule has 3 rings (SSSR count). The largest absolute Gasteiger partial charge is 0.452 e. The van der Waals surface area contributed by atoms with Gasteiger partial charge in [-0.1, -0.05) is 24.4 Å². The molecule has 0 unspecified atom stereocenters.